The molecule has 4 rings (SSSR count). The Balaban J connectivity index is 1.62. The van der Waals surface area contributed by atoms with Crippen LogP contribution in [0.25, 0.3) is 0 Å². The number of benzene rings is 1. The SMILES string of the molecule is CCOC(=O)CN1C(=O)C2C(N=C3N(c4ccc(OCC)cc4)C(C)=CN32)N(C)C1=O. The fourth-order valence-electron chi connectivity index (χ4n) is 4.01. The van der Waals surface area contributed by atoms with Crippen LogP contribution in [0.15, 0.2) is 41.2 Å². The van der Waals surface area contributed by atoms with Crippen LogP contribution in [-0.4, -0.2) is 77.6 Å². The summed E-state index contributed by atoms with van der Waals surface area (Å²) in [6.07, 6.45) is 1.16. The Labute approximate surface area is 180 Å². The lowest BCUT2D eigenvalue weighted by Gasteiger charge is -2.39. The molecule has 3 amide bonds. The summed E-state index contributed by atoms with van der Waals surface area (Å²) in [4.78, 5) is 48.6. The number of allylic oxidation sites excluding steroid dienone is 1. The molecule has 31 heavy (non-hydrogen) atoms. The molecule has 2 atom stereocenters. The van der Waals surface area contributed by atoms with Crippen LogP contribution in [0.3, 0.4) is 0 Å². The number of ether oxygens (including phenoxy) is 2. The molecule has 3 heterocycles. The van der Waals surface area contributed by atoms with Crippen molar-refractivity contribution in [2.75, 3.05) is 31.7 Å². The molecule has 10 heteroatoms. The summed E-state index contributed by atoms with van der Waals surface area (Å²) in [5.74, 6) is 0.223. The van der Waals surface area contributed by atoms with Crippen LogP contribution in [0.2, 0.25) is 0 Å². The lowest BCUT2D eigenvalue weighted by atomic mass is 10.1. The predicted molar refractivity (Wildman–Crippen MR) is 112 cm³/mol. The van der Waals surface area contributed by atoms with Crippen LogP contribution in [0, 0.1) is 0 Å². The van der Waals surface area contributed by atoms with Gasteiger partial charge in [0.2, 0.25) is 5.96 Å². The fourth-order valence-corrected chi connectivity index (χ4v) is 4.01. The van der Waals surface area contributed by atoms with E-state index in [1.165, 1.54) is 4.90 Å². The van der Waals surface area contributed by atoms with Gasteiger partial charge in [-0.1, -0.05) is 0 Å². The van der Waals surface area contributed by atoms with Crippen LogP contribution in [0.4, 0.5) is 10.5 Å². The quantitative estimate of drug-likeness (QED) is 0.636. The number of carbonyl (C=O) groups is 3. The molecule has 164 valence electrons. The van der Waals surface area contributed by atoms with Gasteiger partial charge in [0.15, 0.2) is 12.2 Å². The van der Waals surface area contributed by atoms with Crippen molar-refractivity contribution >= 4 is 29.6 Å². The number of esters is 1. The standard InChI is InChI=1S/C21H25N5O5/c1-5-30-15-9-7-14(8-10-15)26-13(3)11-24-17-18(22-20(24)26)23(4)21(29)25(19(17)28)12-16(27)31-6-2/h7-11,17-18H,5-6,12H2,1-4H3. The Bertz CT molecular complexity index is 973. The van der Waals surface area contributed by atoms with Crippen LogP contribution in [0.5, 0.6) is 5.75 Å². The second-order valence-corrected chi connectivity index (χ2v) is 7.35. The summed E-state index contributed by atoms with van der Waals surface area (Å²) in [6, 6.07) is 6.27. The summed E-state index contributed by atoms with van der Waals surface area (Å²) in [5.41, 5.74) is 1.74. The third-order valence-electron chi connectivity index (χ3n) is 5.39. The minimum atomic E-state index is -0.741. The van der Waals surface area contributed by atoms with Crippen LogP contribution in [0.1, 0.15) is 20.8 Å². The maximum absolute atomic E-state index is 13.2. The molecular weight excluding hydrogens is 402 g/mol. The zero-order valence-electron chi connectivity index (χ0n) is 17.9. The number of urea groups is 1. The fraction of sp³-hybridized carbons (Fsp3) is 0.429. The number of amides is 3. The average molecular weight is 427 g/mol. The van der Waals surface area contributed by atoms with Gasteiger partial charge in [-0.05, 0) is 45.0 Å². The normalized spacial score (nSPS) is 22.3. The van der Waals surface area contributed by atoms with Crippen molar-refractivity contribution in [2.45, 2.75) is 33.0 Å². The summed E-state index contributed by atoms with van der Waals surface area (Å²) in [6.45, 7) is 5.85. The van der Waals surface area contributed by atoms with Crippen molar-refractivity contribution in [1.82, 2.24) is 14.7 Å². The highest BCUT2D eigenvalue weighted by atomic mass is 16.5. The van der Waals surface area contributed by atoms with Gasteiger partial charge in [0.25, 0.3) is 5.91 Å². The molecule has 3 aliphatic rings. The molecule has 0 radical (unpaired) electrons. The van der Waals surface area contributed by atoms with Gasteiger partial charge in [0.05, 0.1) is 13.2 Å². The summed E-state index contributed by atoms with van der Waals surface area (Å²) >= 11 is 0. The Kier molecular flexibility index (Phi) is 5.30. The van der Waals surface area contributed by atoms with Crippen LogP contribution >= 0.6 is 0 Å². The topological polar surface area (TPSA) is 95.0 Å². The summed E-state index contributed by atoms with van der Waals surface area (Å²) in [7, 11) is 1.58. The zero-order valence-corrected chi connectivity index (χ0v) is 17.9. The molecule has 0 saturated carbocycles. The Morgan fingerprint density at radius 1 is 1.13 bits per heavy atom. The maximum atomic E-state index is 13.2. The number of aliphatic imine (C=N–C) groups is 1. The van der Waals surface area contributed by atoms with E-state index in [-0.39, 0.29) is 6.61 Å². The third kappa shape index (κ3) is 3.37. The van der Waals surface area contributed by atoms with E-state index >= 15 is 0 Å². The molecule has 1 saturated heterocycles. The molecule has 1 aromatic carbocycles. The molecule has 0 bridgehead atoms. The van der Waals surface area contributed by atoms with Gasteiger partial charge in [-0.3, -0.25) is 19.4 Å². The highest BCUT2D eigenvalue weighted by Gasteiger charge is 2.54. The van der Waals surface area contributed by atoms with E-state index < -0.39 is 36.7 Å². The molecule has 1 fully saturated rings. The molecule has 2 unspecified atom stereocenters. The second kappa shape index (κ2) is 7.93. The Morgan fingerprint density at radius 3 is 2.48 bits per heavy atom. The average Bonchev–Trinajstić information content (AvgIpc) is 3.25. The zero-order chi connectivity index (χ0) is 22.3. The van der Waals surface area contributed by atoms with E-state index in [1.54, 1.807) is 18.9 Å². The van der Waals surface area contributed by atoms with Crippen molar-refractivity contribution in [3.05, 3.63) is 36.2 Å². The Morgan fingerprint density at radius 2 is 1.84 bits per heavy atom. The second-order valence-electron chi connectivity index (χ2n) is 7.35. The van der Waals surface area contributed by atoms with Crippen molar-refractivity contribution < 1.29 is 23.9 Å². The molecule has 0 aliphatic carbocycles. The first-order valence-corrected chi connectivity index (χ1v) is 10.2. The largest absolute Gasteiger partial charge is 0.494 e. The maximum Gasteiger partial charge on any atom is 0.328 e. The molecule has 3 aliphatic heterocycles. The van der Waals surface area contributed by atoms with E-state index in [0.29, 0.717) is 12.6 Å². The molecule has 1 aromatic rings. The van der Waals surface area contributed by atoms with Gasteiger partial charge in [-0.2, -0.15) is 0 Å². The molecular formula is C21H25N5O5. The Hall–Kier alpha value is -3.56. The molecule has 0 N–H and O–H groups in total. The van der Waals surface area contributed by atoms with E-state index in [4.69, 9.17) is 14.5 Å². The number of nitrogens with zero attached hydrogens (tertiary/aromatic N) is 5. The minimum absolute atomic E-state index is 0.176. The number of fused-ring (bicyclic) bond motifs is 3. The number of hydrogen-bond acceptors (Lipinski definition) is 8. The first-order chi connectivity index (χ1) is 14.9. The van der Waals surface area contributed by atoms with Gasteiger partial charge in [0, 0.05) is 24.6 Å². The summed E-state index contributed by atoms with van der Waals surface area (Å²) < 4.78 is 10.4. The van der Waals surface area contributed by atoms with E-state index in [2.05, 4.69) is 0 Å². The van der Waals surface area contributed by atoms with Crippen molar-refractivity contribution in [1.29, 1.82) is 0 Å². The van der Waals surface area contributed by atoms with E-state index in [9.17, 15) is 14.4 Å². The summed E-state index contributed by atoms with van der Waals surface area (Å²) in [5, 5.41) is 0. The number of anilines is 1. The highest BCUT2D eigenvalue weighted by molar-refractivity contribution is 6.10. The van der Waals surface area contributed by atoms with Gasteiger partial charge in [0.1, 0.15) is 12.3 Å². The van der Waals surface area contributed by atoms with E-state index in [0.717, 1.165) is 22.0 Å². The third-order valence-corrected chi connectivity index (χ3v) is 5.39. The first kappa shape index (κ1) is 20.7. The number of likely N-dealkylation sites (N-methyl/N-ethyl adjacent to an activating group) is 1. The lowest BCUT2D eigenvalue weighted by molar-refractivity contribution is -0.150. The van der Waals surface area contributed by atoms with Gasteiger partial charge in [-0.15, -0.1) is 0 Å². The number of imide groups is 1. The van der Waals surface area contributed by atoms with Crippen LogP contribution < -0.4 is 9.64 Å². The lowest BCUT2D eigenvalue weighted by Crippen LogP contribution is -2.65. The van der Waals surface area contributed by atoms with Crippen LogP contribution in [-0.2, 0) is 14.3 Å². The van der Waals surface area contributed by atoms with Gasteiger partial charge in [-0.25, -0.2) is 9.79 Å². The molecule has 0 aromatic heterocycles. The smallest absolute Gasteiger partial charge is 0.328 e. The van der Waals surface area contributed by atoms with Gasteiger partial charge >= 0.3 is 12.0 Å². The van der Waals surface area contributed by atoms with Crippen molar-refractivity contribution in [3.8, 4) is 5.75 Å². The number of carbonyl (C=O) groups excluding carboxylic acids is 3. The van der Waals surface area contributed by atoms with E-state index in [1.807, 2.05) is 49.2 Å². The van der Waals surface area contributed by atoms with Crippen molar-refractivity contribution in [3.63, 3.8) is 0 Å². The van der Waals surface area contributed by atoms with Gasteiger partial charge < -0.3 is 19.3 Å². The monoisotopic (exact) mass is 427 g/mol. The molecule has 10 nitrogen and oxygen atoms in total. The predicted octanol–water partition coefficient (Wildman–Crippen LogP) is 1.59. The number of rotatable bonds is 6. The number of guanidine groups is 1. The number of hydrogen-bond donors (Lipinski definition) is 0. The molecule has 0 spiro atoms. The van der Waals surface area contributed by atoms with Crippen molar-refractivity contribution in [2.24, 2.45) is 4.99 Å². The minimum Gasteiger partial charge on any atom is -0.494 e. The first-order valence-electron chi connectivity index (χ1n) is 10.2. The highest BCUT2D eigenvalue weighted by Crippen LogP contribution is 2.36.